The van der Waals surface area contributed by atoms with Gasteiger partial charge in [-0.1, -0.05) is 65.7 Å². The van der Waals surface area contributed by atoms with Gasteiger partial charge < -0.3 is 9.47 Å². The fourth-order valence-electron chi connectivity index (χ4n) is 3.46. The Morgan fingerprint density at radius 1 is 1.00 bits per heavy atom. The van der Waals surface area contributed by atoms with Crippen molar-refractivity contribution in [1.29, 1.82) is 5.26 Å². The highest BCUT2D eigenvalue weighted by Crippen LogP contribution is 2.38. The molecule has 0 aliphatic heterocycles. The van der Waals surface area contributed by atoms with E-state index in [-0.39, 0.29) is 6.61 Å². The largest absolute Gasteiger partial charge is 0.493 e. The smallest absolute Gasteiger partial charge is 0.175 e. The molecule has 0 saturated carbocycles. The molecule has 4 aromatic rings. The minimum Gasteiger partial charge on any atom is -0.493 e. The summed E-state index contributed by atoms with van der Waals surface area (Å²) >= 11 is 15.8. The van der Waals surface area contributed by atoms with Crippen LogP contribution >= 0.6 is 39.1 Å². The zero-order valence-corrected chi connectivity index (χ0v) is 20.7. The van der Waals surface area contributed by atoms with E-state index in [1.54, 1.807) is 19.2 Å². The van der Waals surface area contributed by atoms with E-state index in [0.717, 1.165) is 27.5 Å². The highest BCUT2D eigenvalue weighted by atomic mass is 79.9. The zero-order valence-electron chi connectivity index (χ0n) is 17.6. The topological polar surface area (TPSA) is 42.2 Å². The number of hydrogen-bond acceptors (Lipinski definition) is 3. The molecule has 0 fully saturated rings. The summed E-state index contributed by atoms with van der Waals surface area (Å²) in [4.78, 5) is 0. The molecule has 6 heteroatoms. The van der Waals surface area contributed by atoms with Gasteiger partial charge in [0, 0.05) is 15.6 Å². The normalized spacial score (nSPS) is 11.3. The SMILES string of the molecule is COc1cc(/C=C(/C#N)c2ccc3ccccc3c2)cc(Br)c1OCc1ccc(Cl)cc1Cl. The first-order valence-electron chi connectivity index (χ1n) is 10.0. The van der Waals surface area contributed by atoms with Crippen molar-refractivity contribution in [2.24, 2.45) is 0 Å². The third kappa shape index (κ3) is 5.34. The second-order valence-electron chi connectivity index (χ2n) is 7.29. The van der Waals surface area contributed by atoms with Gasteiger partial charge in [0.15, 0.2) is 11.5 Å². The Labute approximate surface area is 210 Å². The van der Waals surface area contributed by atoms with E-state index in [1.807, 2.05) is 66.7 Å². The number of methoxy groups -OCH3 is 1. The molecule has 0 unspecified atom stereocenters. The highest BCUT2D eigenvalue weighted by Gasteiger charge is 2.13. The van der Waals surface area contributed by atoms with E-state index in [2.05, 4.69) is 22.0 Å². The third-order valence-corrected chi connectivity index (χ3v) is 6.31. The molecule has 3 nitrogen and oxygen atoms in total. The van der Waals surface area contributed by atoms with Crippen molar-refractivity contribution in [2.45, 2.75) is 6.61 Å². The molecule has 33 heavy (non-hydrogen) atoms. The number of allylic oxidation sites excluding steroid dienone is 1. The van der Waals surface area contributed by atoms with E-state index in [9.17, 15) is 5.26 Å². The molecule has 4 aromatic carbocycles. The van der Waals surface area contributed by atoms with Crippen LogP contribution in [0.5, 0.6) is 11.5 Å². The van der Waals surface area contributed by atoms with E-state index >= 15 is 0 Å². The number of fused-ring (bicyclic) bond motifs is 1. The molecule has 0 heterocycles. The lowest BCUT2D eigenvalue weighted by Crippen LogP contribution is -2.00. The van der Waals surface area contributed by atoms with Gasteiger partial charge in [-0.15, -0.1) is 0 Å². The molecule has 0 aliphatic carbocycles. The minimum atomic E-state index is 0.251. The Hall–Kier alpha value is -2.97. The molecule has 0 spiro atoms. The van der Waals surface area contributed by atoms with Gasteiger partial charge in [-0.2, -0.15) is 5.26 Å². The van der Waals surface area contributed by atoms with Crippen molar-refractivity contribution < 1.29 is 9.47 Å². The van der Waals surface area contributed by atoms with Gasteiger partial charge in [0.25, 0.3) is 0 Å². The quantitative estimate of drug-likeness (QED) is 0.182. The lowest BCUT2D eigenvalue weighted by atomic mass is 10.00. The molecule has 0 radical (unpaired) electrons. The van der Waals surface area contributed by atoms with Crippen LogP contribution in [0.2, 0.25) is 10.0 Å². The number of benzene rings is 4. The van der Waals surface area contributed by atoms with Gasteiger partial charge in [-0.3, -0.25) is 0 Å². The zero-order chi connectivity index (χ0) is 23.4. The van der Waals surface area contributed by atoms with Gasteiger partial charge in [0.05, 0.1) is 23.2 Å². The molecule has 0 saturated heterocycles. The maximum absolute atomic E-state index is 9.81. The van der Waals surface area contributed by atoms with Crippen molar-refractivity contribution in [1.82, 2.24) is 0 Å². The predicted octanol–water partition coefficient (Wildman–Crippen LogP) is 8.56. The maximum atomic E-state index is 9.81. The van der Waals surface area contributed by atoms with Crippen LogP contribution in [0, 0.1) is 11.3 Å². The monoisotopic (exact) mass is 537 g/mol. The number of nitriles is 1. The lowest BCUT2D eigenvalue weighted by Gasteiger charge is -2.14. The minimum absolute atomic E-state index is 0.251. The second-order valence-corrected chi connectivity index (χ2v) is 8.99. The highest BCUT2D eigenvalue weighted by molar-refractivity contribution is 9.10. The van der Waals surface area contributed by atoms with Crippen molar-refractivity contribution in [3.63, 3.8) is 0 Å². The van der Waals surface area contributed by atoms with Crippen LogP contribution in [-0.2, 0) is 6.61 Å². The van der Waals surface area contributed by atoms with Crippen LogP contribution < -0.4 is 9.47 Å². The fourth-order valence-corrected chi connectivity index (χ4v) is 4.49. The number of ether oxygens (including phenoxy) is 2. The molecule has 0 aliphatic rings. The van der Waals surface area contributed by atoms with Crippen LogP contribution in [0.4, 0.5) is 0 Å². The maximum Gasteiger partial charge on any atom is 0.175 e. The van der Waals surface area contributed by atoms with E-state index in [4.69, 9.17) is 32.7 Å². The Balaban J connectivity index is 1.64. The van der Waals surface area contributed by atoms with E-state index in [1.165, 1.54) is 0 Å². The van der Waals surface area contributed by atoms with Gasteiger partial charge in [0.1, 0.15) is 6.61 Å². The van der Waals surface area contributed by atoms with Crippen molar-refractivity contribution >= 4 is 61.6 Å². The molecule has 164 valence electrons. The first-order chi connectivity index (χ1) is 16.0. The molecule has 0 N–H and O–H groups in total. The second kappa shape index (κ2) is 10.3. The fraction of sp³-hybridized carbons (Fsp3) is 0.0741. The van der Waals surface area contributed by atoms with Gasteiger partial charge >= 0.3 is 0 Å². The summed E-state index contributed by atoms with van der Waals surface area (Å²) < 4.78 is 12.3. The van der Waals surface area contributed by atoms with Crippen LogP contribution in [0.15, 0.2) is 77.3 Å². The molecular formula is C27H18BrCl2NO2. The summed E-state index contributed by atoms with van der Waals surface area (Å²) in [7, 11) is 1.58. The van der Waals surface area contributed by atoms with Crippen LogP contribution in [0.3, 0.4) is 0 Å². The summed E-state index contributed by atoms with van der Waals surface area (Å²) in [6, 6.07) is 25.4. The van der Waals surface area contributed by atoms with Crippen LogP contribution in [0.25, 0.3) is 22.4 Å². The summed E-state index contributed by atoms with van der Waals surface area (Å²) in [5.41, 5.74) is 3.02. The molecule has 0 atom stereocenters. The Morgan fingerprint density at radius 3 is 2.52 bits per heavy atom. The van der Waals surface area contributed by atoms with Crippen molar-refractivity contribution in [2.75, 3.05) is 7.11 Å². The molecule has 0 aromatic heterocycles. The van der Waals surface area contributed by atoms with E-state index < -0.39 is 0 Å². The number of hydrogen-bond donors (Lipinski definition) is 0. The summed E-state index contributed by atoms with van der Waals surface area (Å²) in [5, 5.41) is 13.1. The Morgan fingerprint density at radius 2 is 1.79 bits per heavy atom. The molecule has 4 rings (SSSR count). The summed E-state index contributed by atoms with van der Waals surface area (Å²) in [6.07, 6.45) is 1.83. The molecule has 0 amide bonds. The third-order valence-electron chi connectivity index (χ3n) is 5.13. The summed E-state index contributed by atoms with van der Waals surface area (Å²) in [6.45, 7) is 0.251. The molecule has 0 bridgehead atoms. The van der Waals surface area contributed by atoms with E-state index in [0.29, 0.717) is 31.6 Å². The number of nitrogens with zero attached hydrogens (tertiary/aromatic N) is 1. The summed E-state index contributed by atoms with van der Waals surface area (Å²) in [5.74, 6) is 1.08. The van der Waals surface area contributed by atoms with Gasteiger partial charge in [-0.25, -0.2) is 0 Å². The predicted molar refractivity (Wildman–Crippen MR) is 139 cm³/mol. The molecular weight excluding hydrogens is 521 g/mol. The van der Waals surface area contributed by atoms with Gasteiger partial charge in [0.2, 0.25) is 0 Å². The van der Waals surface area contributed by atoms with Crippen molar-refractivity contribution in [3.8, 4) is 17.6 Å². The van der Waals surface area contributed by atoms with Crippen molar-refractivity contribution in [3.05, 3.63) is 104 Å². The van der Waals surface area contributed by atoms with Crippen LogP contribution in [-0.4, -0.2) is 7.11 Å². The standard InChI is InChI=1S/C27H18BrCl2NO2/c1-32-26-12-17(10-22(15-31)20-7-6-18-4-2-3-5-19(18)13-20)11-24(28)27(26)33-16-21-8-9-23(29)14-25(21)30/h2-14H,16H2,1H3/b22-10-. The first kappa shape index (κ1) is 23.2. The first-order valence-corrected chi connectivity index (χ1v) is 11.6. The Bertz CT molecular complexity index is 1410. The number of halogens is 3. The lowest BCUT2D eigenvalue weighted by molar-refractivity contribution is 0.282. The van der Waals surface area contributed by atoms with Gasteiger partial charge in [-0.05, 0) is 74.2 Å². The van der Waals surface area contributed by atoms with Crippen LogP contribution in [0.1, 0.15) is 16.7 Å². The number of rotatable bonds is 6. The average molecular weight is 539 g/mol. The Kier molecular flexibility index (Phi) is 7.25. The average Bonchev–Trinajstić information content (AvgIpc) is 2.82.